The Morgan fingerprint density at radius 2 is 2.23 bits per heavy atom. The van der Waals surface area contributed by atoms with Crippen molar-refractivity contribution in [3.05, 3.63) is 23.3 Å². The first kappa shape index (κ1) is 10.2. The third-order valence-electron chi connectivity index (χ3n) is 2.42. The third kappa shape index (κ3) is 2.28. The molecule has 72 valence electrons. The molecule has 0 radical (unpaired) electrons. The van der Waals surface area contributed by atoms with E-state index >= 15 is 0 Å². The lowest BCUT2D eigenvalue weighted by molar-refractivity contribution is -0.115. The maximum Gasteiger partial charge on any atom is 0.162 e. The Morgan fingerprint density at radius 1 is 1.54 bits per heavy atom. The van der Waals surface area contributed by atoms with E-state index in [1.165, 1.54) is 0 Å². The van der Waals surface area contributed by atoms with Gasteiger partial charge in [0.2, 0.25) is 0 Å². The van der Waals surface area contributed by atoms with Crippen LogP contribution in [0.15, 0.2) is 23.3 Å². The average molecular weight is 180 g/mol. The smallest absolute Gasteiger partial charge is 0.162 e. The lowest BCUT2D eigenvalue weighted by Gasteiger charge is -2.00. The number of hydrogen-bond donors (Lipinski definition) is 1. The van der Waals surface area contributed by atoms with Crippen LogP contribution in [0, 0.1) is 0 Å². The molecule has 1 aliphatic rings. The first-order valence-electron chi connectivity index (χ1n) is 4.72. The molecule has 0 fully saturated rings. The summed E-state index contributed by atoms with van der Waals surface area (Å²) in [6.07, 6.45) is 5.45. The summed E-state index contributed by atoms with van der Waals surface area (Å²) in [4.78, 5) is 11.3. The van der Waals surface area contributed by atoms with Crippen molar-refractivity contribution in [1.29, 1.82) is 0 Å². The molecule has 0 bridgehead atoms. The largest absolute Gasteiger partial charge is 0.388 e. The maximum absolute atomic E-state index is 11.3. The van der Waals surface area contributed by atoms with Gasteiger partial charge in [0, 0.05) is 12.0 Å². The highest BCUT2D eigenvalue weighted by molar-refractivity contribution is 5.99. The van der Waals surface area contributed by atoms with Crippen LogP contribution in [0.2, 0.25) is 0 Å². The lowest BCUT2D eigenvalue weighted by Crippen LogP contribution is -2.03. The molecule has 1 aliphatic carbocycles. The Hall–Kier alpha value is -0.890. The fraction of sp³-hybridized carbons (Fsp3) is 0.545. The number of hydrogen-bond acceptors (Lipinski definition) is 2. The van der Waals surface area contributed by atoms with Crippen LogP contribution in [0.3, 0.4) is 0 Å². The minimum absolute atomic E-state index is 0.103. The Morgan fingerprint density at radius 3 is 2.69 bits per heavy atom. The van der Waals surface area contributed by atoms with Crippen molar-refractivity contribution in [3.8, 4) is 0 Å². The van der Waals surface area contributed by atoms with Crippen molar-refractivity contribution in [2.45, 2.75) is 39.2 Å². The SMILES string of the molecule is CC/C=C/CC1=C(C)[C@H](O)CC1=O. The molecule has 0 aliphatic heterocycles. The van der Waals surface area contributed by atoms with Gasteiger partial charge in [-0.1, -0.05) is 19.1 Å². The fourth-order valence-electron chi connectivity index (χ4n) is 1.52. The van der Waals surface area contributed by atoms with E-state index in [9.17, 15) is 9.90 Å². The van der Waals surface area contributed by atoms with Gasteiger partial charge in [-0.3, -0.25) is 4.79 Å². The van der Waals surface area contributed by atoms with E-state index in [-0.39, 0.29) is 12.2 Å². The number of carbonyl (C=O) groups excluding carboxylic acids is 1. The quantitative estimate of drug-likeness (QED) is 0.674. The molecular formula is C11H16O2. The Balaban J connectivity index is 2.66. The molecule has 0 saturated heterocycles. The van der Waals surface area contributed by atoms with Crippen molar-refractivity contribution in [3.63, 3.8) is 0 Å². The lowest BCUT2D eigenvalue weighted by atomic mass is 10.1. The third-order valence-corrected chi connectivity index (χ3v) is 2.42. The second-order valence-corrected chi connectivity index (χ2v) is 3.39. The van der Waals surface area contributed by atoms with Crippen LogP contribution in [0.5, 0.6) is 0 Å². The van der Waals surface area contributed by atoms with Crippen LogP contribution in [-0.2, 0) is 4.79 Å². The Kier molecular flexibility index (Phi) is 3.43. The molecule has 0 aromatic heterocycles. The molecule has 1 rings (SSSR count). The van der Waals surface area contributed by atoms with Crippen molar-refractivity contribution in [2.75, 3.05) is 0 Å². The average Bonchev–Trinajstić information content (AvgIpc) is 2.32. The van der Waals surface area contributed by atoms with Crippen molar-refractivity contribution in [2.24, 2.45) is 0 Å². The van der Waals surface area contributed by atoms with Gasteiger partial charge in [0.25, 0.3) is 0 Å². The predicted molar refractivity (Wildman–Crippen MR) is 52.4 cm³/mol. The van der Waals surface area contributed by atoms with Gasteiger partial charge in [-0.2, -0.15) is 0 Å². The van der Waals surface area contributed by atoms with Gasteiger partial charge in [0.05, 0.1) is 6.10 Å². The van der Waals surface area contributed by atoms with Crippen molar-refractivity contribution < 1.29 is 9.90 Å². The van der Waals surface area contributed by atoms with Crippen LogP contribution in [0.25, 0.3) is 0 Å². The zero-order chi connectivity index (χ0) is 9.84. The molecule has 0 saturated carbocycles. The van der Waals surface area contributed by atoms with Gasteiger partial charge < -0.3 is 5.11 Å². The number of aliphatic hydroxyl groups is 1. The topological polar surface area (TPSA) is 37.3 Å². The summed E-state index contributed by atoms with van der Waals surface area (Å²) in [6.45, 7) is 3.90. The van der Waals surface area contributed by atoms with Crippen LogP contribution in [0.1, 0.15) is 33.1 Å². The zero-order valence-corrected chi connectivity index (χ0v) is 8.21. The normalized spacial score (nSPS) is 23.6. The van der Waals surface area contributed by atoms with E-state index in [0.29, 0.717) is 6.42 Å². The monoisotopic (exact) mass is 180 g/mol. The minimum Gasteiger partial charge on any atom is -0.388 e. The Bertz CT molecular complexity index is 261. The zero-order valence-electron chi connectivity index (χ0n) is 8.21. The summed E-state index contributed by atoms with van der Waals surface area (Å²) in [5.41, 5.74) is 1.66. The fourth-order valence-corrected chi connectivity index (χ4v) is 1.52. The summed E-state index contributed by atoms with van der Waals surface area (Å²) < 4.78 is 0. The molecule has 0 unspecified atom stereocenters. The van der Waals surface area contributed by atoms with E-state index < -0.39 is 6.10 Å². The van der Waals surface area contributed by atoms with Gasteiger partial charge in [0.1, 0.15) is 0 Å². The minimum atomic E-state index is -0.530. The molecule has 13 heavy (non-hydrogen) atoms. The molecule has 2 heteroatoms. The van der Waals surface area contributed by atoms with E-state index in [4.69, 9.17) is 0 Å². The van der Waals surface area contributed by atoms with Gasteiger partial charge in [0.15, 0.2) is 5.78 Å². The highest BCUT2D eigenvalue weighted by atomic mass is 16.3. The summed E-state index contributed by atoms with van der Waals surface area (Å²) in [5, 5.41) is 9.39. The highest BCUT2D eigenvalue weighted by Crippen LogP contribution is 2.25. The number of allylic oxidation sites excluding steroid dienone is 3. The molecule has 2 nitrogen and oxygen atoms in total. The molecule has 1 N–H and O–H groups in total. The number of Topliss-reactive ketones (excluding diaryl/α,β-unsaturated/α-hetero) is 1. The van der Waals surface area contributed by atoms with Gasteiger partial charge in [-0.15, -0.1) is 0 Å². The number of carbonyl (C=O) groups is 1. The molecule has 1 atom stereocenters. The van der Waals surface area contributed by atoms with E-state index in [1.54, 1.807) is 0 Å². The van der Waals surface area contributed by atoms with Gasteiger partial charge in [-0.05, 0) is 25.3 Å². The van der Waals surface area contributed by atoms with Crippen LogP contribution < -0.4 is 0 Å². The Labute approximate surface area is 79.0 Å². The van der Waals surface area contributed by atoms with Crippen molar-refractivity contribution >= 4 is 5.78 Å². The van der Waals surface area contributed by atoms with Gasteiger partial charge >= 0.3 is 0 Å². The molecule has 0 aromatic carbocycles. The molecule has 0 spiro atoms. The van der Waals surface area contributed by atoms with Crippen LogP contribution >= 0.6 is 0 Å². The molecular weight excluding hydrogens is 164 g/mol. The highest BCUT2D eigenvalue weighted by Gasteiger charge is 2.26. The van der Waals surface area contributed by atoms with Crippen LogP contribution in [0.4, 0.5) is 0 Å². The maximum atomic E-state index is 11.3. The summed E-state index contributed by atoms with van der Waals surface area (Å²) in [6, 6.07) is 0. The number of ketones is 1. The number of rotatable bonds is 3. The van der Waals surface area contributed by atoms with Gasteiger partial charge in [-0.25, -0.2) is 0 Å². The van der Waals surface area contributed by atoms with E-state index in [2.05, 4.69) is 6.92 Å². The molecule has 0 aromatic rings. The second kappa shape index (κ2) is 4.38. The van der Waals surface area contributed by atoms with Crippen molar-refractivity contribution in [1.82, 2.24) is 0 Å². The molecule has 0 amide bonds. The summed E-state index contributed by atoms with van der Waals surface area (Å²) in [5.74, 6) is 0.103. The second-order valence-electron chi connectivity index (χ2n) is 3.39. The first-order valence-corrected chi connectivity index (χ1v) is 4.72. The van der Waals surface area contributed by atoms with E-state index in [0.717, 1.165) is 17.6 Å². The first-order chi connectivity index (χ1) is 6.16. The molecule has 0 heterocycles. The van der Waals surface area contributed by atoms with E-state index in [1.807, 2.05) is 19.1 Å². The summed E-state index contributed by atoms with van der Waals surface area (Å²) in [7, 11) is 0. The summed E-state index contributed by atoms with van der Waals surface area (Å²) >= 11 is 0. The van der Waals surface area contributed by atoms with Crippen LogP contribution in [-0.4, -0.2) is 17.0 Å². The predicted octanol–water partition coefficient (Wildman–Crippen LogP) is 1.99. The number of aliphatic hydroxyl groups excluding tert-OH is 1. The standard InChI is InChI=1S/C11H16O2/c1-3-4-5-6-9-8(2)10(12)7-11(9)13/h4-5,10,12H,3,6-7H2,1-2H3/b5-4+/t10-/m1/s1.